The molecule has 128 valence electrons. The molecule has 1 atom stereocenters. The molecule has 0 spiro atoms. The number of rotatable bonds is 6. The van der Waals surface area contributed by atoms with Crippen LogP contribution < -0.4 is 4.74 Å². The standard InChI is InChI=1S/C17H21N3O4/c1-3-11(2)23-16-6-12(4-5-18-16)17(22)20-8-13(9-20)15-7-14(10-21)24-19-15/h4-7,11,13,21H,3,8-10H2,1-2H3. The third kappa shape index (κ3) is 3.41. The van der Waals surface area contributed by atoms with Crippen LogP contribution in [0.1, 0.15) is 48.0 Å². The van der Waals surface area contributed by atoms with Gasteiger partial charge < -0.3 is 19.3 Å². The van der Waals surface area contributed by atoms with Gasteiger partial charge in [0.2, 0.25) is 5.88 Å². The van der Waals surface area contributed by atoms with E-state index in [2.05, 4.69) is 10.1 Å². The predicted octanol–water partition coefficient (Wildman–Crippen LogP) is 1.98. The summed E-state index contributed by atoms with van der Waals surface area (Å²) in [6.45, 7) is 5.00. The lowest BCUT2D eigenvalue weighted by Gasteiger charge is -2.38. The van der Waals surface area contributed by atoms with Crippen molar-refractivity contribution in [2.75, 3.05) is 13.1 Å². The number of pyridine rings is 1. The van der Waals surface area contributed by atoms with Crippen molar-refractivity contribution in [3.05, 3.63) is 41.4 Å². The van der Waals surface area contributed by atoms with E-state index in [1.807, 2.05) is 13.8 Å². The largest absolute Gasteiger partial charge is 0.475 e. The summed E-state index contributed by atoms with van der Waals surface area (Å²) in [6.07, 6.45) is 2.53. The summed E-state index contributed by atoms with van der Waals surface area (Å²) in [5.41, 5.74) is 1.34. The minimum atomic E-state index is -0.168. The average molecular weight is 331 g/mol. The topological polar surface area (TPSA) is 88.7 Å². The van der Waals surface area contributed by atoms with Gasteiger partial charge in [0.1, 0.15) is 6.61 Å². The van der Waals surface area contributed by atoms with Gasteiger partial charge in [0.25, 0.3) is 5.91 Å². The van der Waals surface area contributed by atoms with E-state index in [-0.39, 0.29) is 24.5 Å². The smallest absolute Gasteiger partial charge is 0.254 e. The third-order valence-electron chi connectivity index (χ3n) is 4.20. The molecule has 3 rings (SSSR count). The molecular weight excluding hydrogens is 310 g/mol. The van der Waals surface area contributed by atoms with E-state index in [1.165, 1.54) is 0 Å². The third-order valence-corrected chi connectivity index (χ3v) is 4.20. The van der Waals surface area contributed by atoms with E-state index >= 15 is 0 Å². The van der Waals surface area contributed by atoms with Crippen molar-refractivity contribution < 1.29 is 19.2 Å². The van der Waals surface area contributed by atoms with Crippen molar-refractivity contribution in [1.82, 2.24) is 15.0 Å². The Bertz CT molecular complexity index is 709. The number of hydrogen-bond donors (Lipinski definition) is 1. The Morgan fingerprint density at radius 1 is 1.50 bits per heavy atom. The number of aromatic nitrogens is 2. The fourth-order valence-electron chi connectivity index (χ4n) is 2.51. The number of amides is 1. The monoisotopic (exact) mass is 331 g/mol. The zero-order chi connectivity index (χ0) is 17.1. The van der Waals surface area contributed by atoms with Crippen LogP contribution in [0.25, 0.3) is 0 Å². The van der Waals surface area contributed by atoms with E-state index in [4.69, 9.17) is 14.4 Å². The lowest BCUT2D eigenvalue weighted by Crippen LogP contribution is -2.48. The average Bonchev–Trinajstić information content (AvgIpc) is 3.02. The number of carbonyl (C=O) groups excluding carboxylic acids is 1. The summed E-state index contributed by atoms with van der Waals surface area (Å²) < 4.78 is 10.6. The minimum Gasteiger partial charge on any atom is -0.475 e. The molecule has 1 amide bonds. The zero-order valence-corrected chi connectivity index (χ0v) is 13.8. The minimum absolute atomic E-state index is 0.0477. The fourth-order valence-corrected chi connectivity index (χ4v) is 2.51. The molecule has 0 bridgehead atoms. The van der Waals surface area contributed by atoms with Crippen LogP contribution in [-0.2, 0) is 6.61 Å². The highest BCUT2D eigenvalue weighted by Gasteiger charge is 2.34. The molecule has 0 saturated carbocycles. The van der Waals surface area contributed by atoms with Crippen LogP contribution in [0.5, 0.6) is 5.88 Å². The SMILES string of the molecule is CCC(C)Oc1cc(C(=O)N2CC(c3cc(CO)on3)C2)ccn1. The lowest BCUT2D eigenvalue weighted by molar-refractivity contribution is 0.0594. The van der Waals surface area contributed by atoms with Crippen molar-refractivity contribution in [1.29, 1.82) is 0 Å². The van der Waals surface area contributed by atoms with E-state index in [1.54, 1.807) is 29.3 Å². The number of hydrogen-bond acceptors (Lipinski definition) is 6. The Morgan fingerprint density at radius 3 is 2.96 bits per heavy atom. The molecule has 0 aromatic carbocycles. The summed E-state index contributed by atoms with van der Waals surface area (Å²) in [6, 6.07) is 5.11. The summed E-state index contributed by atoms with van der Waals surface area (Å²) in [4.78, 5) is 18.4. The van der Waals surface area contributed by atoms with Crippen molar-refractivity contribution in [2.45, 2.75) is 38.9 Å². The Labute approximate surface area is 140 Å². The highest BCUT2D eigenvalue weighted by atomic mass is 16.5. The molecule has 7 heteroatoms. The normalized spacial score (nSPS) is 15.9. The maximum Gasteiger partial charge on any atom is 0.254 e. The van der Waals surface area contributed by atoms with Crippen LogP contribution in [0.2, 0.25) is 0 Å². The van der Waals surface area contributed by atoms with Gasteiger partial charge >= 0.3 is 0 Å². The molecule has 1 saturated heterocycles. The zero-order valence-electron chi connectivity index (χ0n) is 13.8. The van der Waals surface area contributed by atoms with Crippen molar-refractivity contribution in [3.8, 4) is 5.88 Å². The number of likely N-dealkylation sites (tertiary alicyclic amines) is 1. The first-order chi connectivity index (χ1) is 11.6. The molecule has 24 heavy (non-hydrogen) atoms. The van der Waals surface area contributed by atoms with Gasteiger partial charge in [0.15, 0.2) is 5.76 Å². The van der Waals surface area contributed by atoms with Crippen LogP contribution in [0.4, 0.5) is 0 Å². The highest BCUT2D eigenvalue weighted by molar-refractivity contribution is 5.95. The molecular formula is C17H21N3O4. The van der Waals surface area contributed by atoms with Crippen LogP contribution in [0.15, 0.2) is 28.9 Å². The van der Waals surface area contributed by atoms with Gasteiger partial charge in [-0.15, -0.1) is 0 Å². The van der Waals surface area contributed by atoms with E-state index in [0.717, 1.165) is 12.1 Å². The maximum absolute atomic E-state index is 12.5. The van der Waals surface area contributed by atoms with Gasteiger partial charge in [-0.1, -0.05) is 12.1 Å². The molecule has 2 aromatic heterocycles. The van der Waals surface area contributed by atoms with Crippen LogP contribution in [0.3, 0.4) is 0 Å². The molecule has 1 unspecified atom stereocenters. The predicted molar refractivity (Wildman–Crippen MR) is 85.7 cm³/mol. The summed E-state index contributed by atoms with van der Waals surface area (Å²) >= 11 is 0. The Morgan fingerprint density at radius 2 is 2.29 bits per heavy atom. The second kappa shape index (κ2) is 7.00. The summed E-state index contributed by atoms with van der Waals surface area (Å²) in [7, 11) is 0. The van der Waals surface area contributed by atoms with Crippen molar-refractivity contribution in [3.63, 3.8) is 0 Å². The van der Waals surface area contributed by atoms with Crippen molar-refractivity contribution in [2.24, 2.45) is 0 Å². The molecule has 3 heterocycles. The molecule has 0 aliphatic carbocycles. The van der Waals surface area contributed by atoms with Crippen LogP contribution >= 0.6 is 0 Å². The van der Waals surface area contributed by atoms with E-state index < -0.39 is 0 Å². The highest BCUT2D eigenvalue weighted by Crippen LogP contribution is 2.28. The quantitative estimate of drug-likeness (QED) is 0.870. The number of ether oxygens (including phenoxy) is 1. The van der Waals surface area contributed by atoms with Gasteiger partial charge in [-0.25, -0.2) is 4.98 Å². The molecule has 1 fully saturated rings. The Kier molecular flexibility index (Phi) is 4.80. The van der Waals surface area contributed by atoms with Crippen molar-refractivity contribution >= 4 is 5.91 Å². The summed E-state index contributed by atoms with van der Waals surface area (Å²) in [5.74, 6) is 1.01. The second-order valence-electron chi connectivity index (χ2n) is 6.00. The fraction of sp³-hybridized carbons (Fsp3) is 0.471. The first-order valence-corrected chi connectivity index (χ1v) is 8.09. The van der Waals surface area contributed by atoms with E-state index in [9.17, 15) is 4.79 Å². The molecule has 7 nitrogen and oxygen atoms in total. The van der Waals surface area contributed by atoms with Gasteiger partial charge in [-0.3, -0.25) is 4.79 Å². The Hall–Kier alpha value is -2.41. The first kappa shape index (κ1) is 16.4. The van der Waals surface area contributed by atoms with Crippen LogP contribution in [-0.4, -0.2) is 45.2 Å². The van der Waals surface area contributed by atoms with E-state index in [0.29, 0.717) is 30.3 Å². The number of aliphatic hydroxyl groups excluding tert-OH is 1. The van der Waals surface area contributed by atoms with Gasteiger partial charge in [0, 0.05) is 42.9 Å². The molecule has 1 N–H and O–H groups in total. The molecule has 1 aliphatic heterocycles. The first-order valence-electron chi connectivity index (χ1n) is 8.09. The number of aliphatic hydroxyl groups is 1. The van der Waals surface area contributed by atoms with Crippen LogP contribution in [0, 0.1) is 0 Å². The maximum atomic E-state index is 12.5. The van der Waals surface area contributed by atoms with Gasteiger partial charge in [-0.05, 0) is 19.4 Å². The van der Waals surface area contributed by atoms with Gasteiger partial charge in [-0.2, -0.15) is 0 Å². The Balaban J connectivity index is 1.61. The molecule has 0 radical (unpaired) electrons. The molecule has 1 aliphatic rings. The van der Waals surface area contributed by atoms with Gasteiger partial charge in [0.05, 0.1) is 11.8 Å². The number of carbonyl (C=O) groups is 1. The molecule has 2 aromatic rings. The lowest BCUT2D eigenvalue weighted by atomic mass is 9.95. The summed E-state index contributed by atoms with van der Waals surface area (Å²) in [5, 5.41) is 12.9. The second-order valence-corrected chi connectivity index (χ2v) is 6.00. The number of nitrogens with zero attached hydrogens (tertiary/aromatic N) is 3.